The van der Waals surface area contributed by atoms with Crippen LogP contribution in [-0.4, -0.2) is 10.4 Å². The molecule has 0 aliphatic heterocycles. The molecule has 1 aromatic rings. The molecule has 0 spiro atoms. The molecule has 2 N–H and O–H groups in total. The predicted molar refractivity (Wildman–Crippen MR) is 82.3 cm³/mol. The third-order valence-corrected chi connectivity index (χ3v) is 5.09. The number of aromatic nitrogens is 1. The molecule has 19 heavy (non-hydrogen) atoms. The summed E-state index contributed by atoms with van der Waals surface area (Å²) in [6.07, 6.45) is 6.36. The molecule has 1 heterocycles. The Labute approximate surface area is 121 Å². The maximum absolute atomic E-state index is 6.62. The zero-order chi connectivity index (χ0) is 14.0. The molecule has 0 amide bonds. The van der Waals surface area contributed by atoms with Gasteiger partial charge in [0.2, 0.25) is 0 Å². The summed E-state index contributed by atoms with van der Waals surface area (Å²) in [4.78, 5) is 4.18. The van der Waals surface area contributed by atoms with E-state index in [1.807, 2.05) is 6.07 Å². The van der Waals surface area contributed by atoms with Crippen molar-refractivity contribution in [2.24, 2.45) is 17.3 Å². The van der Waals surface area contributed by atoms with Crippen molar-refractivity contribution in [2.75, 3.05) is 5.73 Å². The van der Waals surface area contributed by atoms with Crippen LogP contribution in [0.2, 0.25) is 0 Å². The maximum atomic E-state index is 6.62. The van der Waals surface area contributed by atoms with Crippen molar-refractivity contribution in [3.63, 3.8) is 0 Å². The molecule has 106 valence electrons. The summed E-state index contributed by atoms with van der Waals surface area (Å²) >= 11 is 6.62. The first kappa shape index (κ1) is 14.6. The maximum Gasteiger partial charge on any atom is 0.126 e. The predicted octanol–water partition coefficient (Wildman–Crippen LogP) is 4.28. The summed E-state index contributed by atoms with van der Waals surface area (Å²) in [7, 11) is 0. The summed E-state index contributed by atoms with van der Waals surface area (Å²) in [5, 5.41) is 0.289. The summed E-state index contributed by atoms with van der Waals surface area (Å²) < 4.78 is 0. The highest BCUT2D eigenvalue weighted by atomic mass is 35.5. The van der Waals surface area contributed by atoms with E-state index in [0.717, 1.165) is 24.3 Å². The van der Waals surface area contributed by atoms with E-state index in [-0.39, 0.29) is 10.8 Å². The molecular formula is C16H25ClN2. The van der Waals surface area contributed by atoms with Crippen LogP contribution in [0.1, 0.15) is 45.6 Å². The molecule has 1 aromatic heterocycles. The normalized spacial score (nSPS) is 28.3. The van der Waals surface area contributed by atoms with E-state index in [1.54, 1.807) is 6.20 Å². The van der Waals surface area contributed by atoms with E-state index in [2.05, 4.69) is 31.8 Å². The minimum atomic E-state index is 0.170. The molecule has 2 nitrogen and oxygen atoms in total. The quantitative estimate of drug-likeness (QED) is 0.840. The summed E-state index contributed by atoms with van der Waals surface area (Å²) in [5.41, 5.74) is 7.29. The number of nitrogen functional groups attached to an aromatic ring is 1. The van der Waals surface area contributed by atoms with Crippen LogP contribution in [-0.2, 0) is 6.42 Å². The largest absolute Gasteiger partial charge is 0.383 e. The molecule has 0 radical (unpaired) electrons. The Balaban J connectivity index is 2.12. The first-order chi connectivity index (χ1) is 8.90. The first-order valence-electron chi connectivity index (χ1n) is 7.23. The minimum absolute atomic E-state index is 0.170. The molecule has 2 rings (SSSR count). The summed E-state index contributed by atoms with van der Waals surface area (Å²) in [6, 6.07) is 4.04. The number of anilines is 1. The van der Waals surface area contributed by atoms with Crippen LogP contribution in [0.5, 0.6) is 0 Å². The fourth-order valence-corrected chi connectivity index (χ4v) is 4.19. The van der Waals surface area contributed by atoms with Gasteiger partial charge in [-0.25, -0.2) is 4.98 Å². The molecule has 0 bridgehead atoms. The molecule has 1 aliphatic rings. The second kappa shape index (κ2) is 5.70. The smallest absolute Gasteiger partial charge is 0.126 e. The Morgan fingerprint density at radius 3 is 2.79 bits per heavy atom. The molecule has 3 unspecified atom stereocenters. The van der Waals surface area contributed by atoms with Gasteiger partial charge in [0, 0.05) is 11.6 Å². The zero-order valence-corrected chi connectivity index (χ0v) is 13.0. The van der Waals surface area contributed by atoms with E-state index in [0.29, 0.717) is 11.7 Å². The molecule has 1 aliphatic carbocycles. The van der Waals surface area contributed by atoms with Crippen molar-refractivity contribution in [2.45, 2.75) is 51.8 Å². The highest BCUT2D eigenvalue weighted by Crippen LogP contribution is 2.44. The summed E-state index contributed by atoms with van der Waals surface area (Å²) in [6.45, 7) is 6.93. The monoisotopic (exact) mass is 280 g/mol. The Morgan fingerprint density at radius 1 is 1.42 bits per heavy atom. The number of hydrogen-bond acceptors (Lipinski definition) is 2. The van der Waals surface area contributed by atoms with E-state index >= 15 is 0 Å². The standard InChI is InChI=1S/C16H25ClN2/c1-11-6-7-13(14(17)9-11)16(2,3)10-12-5-4-8-19-15(12)18/h4-5,8,11,13-14H,6-7,9-10H2,1-3H3,(H2,18,19). The van der Waals surface area contributed by atoms with Crippen molar-refractivity contribution >= 4 is 17.4 Å². The van der Waals surface area contributed by atoms with Crippen molar-refractivity contribution in [3.05, 3.63) is 23.9 Å². The van der Waals surface area contributed by atoms with Crippen LogP contribution in [0.4, 0.5) is 5.82 Å². The first-order valence-corrected chi connectivity index (χ1v) is 7.67. The Kier molecular flexibility index (Phi) is 4.39. The Bertz CT molecular complexity index is 431. The van der Waals surface area contributed by atoms with Crippen LogP contribution in [0.25, 0.3) is 0 Å². The lowest BCUT2D eigenvalue weighted by atomic mass is 9.66. The topological polar surface area (TPSA) is 38.9 Å². The van der Waals surface area contributed by atoms with Crippen LogP contribution in [0, 0.1) is 17.3 Å². The average Bonchev–Trinajstić information content (AvgIpc) is 2.31. The average molecular weight is 281 g/mol. The molecule has 1 saturated carbocycles. The number of hydrogen-bond donors (Lipinski definition) is 1. The van der Waals surface area contributed by atoms with Gasteiger partial charge in [-0.2, -0.15) is 0 Å². The van der Waals surface area contributed by atoms with Gasteiger partial charge < -0.3 is 5.73 Å². The molecule has 1 fully saturated rings. The highest BCUT2D eigenvalue weighted by Gasteiger charge is 2.38. The van der Waals surface area contributed by atoms with E-state index < -0.39 is 0 Å². The number of rotatable bonds is 3. The molecule has 3 atom stereocenters. The van der Waals surface area contributed by atoms with Gasteiger partial charge in [0.25, 0.3) is 0 Å². The number of pyridine rings is 1. The molecule has 0 aromatic carbocycles. The number of nitrogens with zero attached hydrogens (tertiary/aromatic N) is 1. The zero-order valence-electron chi connectivity index (χ0n) is 12.2. The number of halogens is 1. The van der Waals surface area contributed by atoms with Gasteiger partial charge in [-0.15, -0.1) is 11.6 Å². The van der Waals surface area contributed by atoms with Gasteiger partial charge in [-0.1, -0.05) is 33.3 Å². The van der Waals surface area contributed by atoms with Gasteiger partial charge in [-0.3, -0.25) is 0 Å². The van der Waals surface area contributed by atoms with Crippen LogP contribution in [0.15, 0.2) is 18.3 Å². The Morgan fingerprint density at radius 2 is 2.16 bits per heavy atom. The van der Waals surface area contributed by atoms with Crippen molar-refractivity contribution in [1.82, 2.24) is 4.98 Å². The Hall–Kier alpha value is -0.760. The van der Waals surface area contributed by atoms with Crippen LogP contribution >= 0.6 is 11.6 Å². The van der Waals surface area contributed by atoms with Crippen molar-refractivity contribution in [1.29, 1.82) is 0 Å². The minimum Gasteiger partial charge on any atom is -0.383 e. The van der Waals surface area contributed by atoms with Crippen LogP contribution < -0.4 is 5.73 Å². The van der Waals surface area contributed by atoms with Crippen LogP contribution in [0.3, 0.4) is 0 Å². The van der Waals surface area contributed by atoms with Gasteiger partial charge in [0.15, 0.2) is 0 Å². The number of nitrogens with two attached hydrogens (primary N) is 1. The van der Waals surface area contributed by atoms with Gasteiger partial charge in [0.05, 0.1) is 0 Å². The van der Waals surface area contributed by atoms with E-state index in [4.69, 9.17) is 17.3 Å². The lowest BCUT2D eigenvalue weighted by molar-refractivity contribution is 0.142. The van der Waals surface area contributed by atoms with Crippen molar-refractivity contribution < 1.29 is 0 Å². The molecule has 3 heteroatoms. The van der Waals surface area contributed by atoms with Gasteiger partial charge >= 0.3 is 0 Å². The summed E-state index contributed by atoms with van der Waals surface area (Å²) in [5.74, 6) is 1.98. The second-order valence-electron chi connectivity index (χ2n) is 6.75. The van der Waals surface area contributed by atoms with E-state index in [1.165, 1.54) is 12.8 Å². The lowest BCUT2D eigenvalue weighted by Gasteiger charge is -2.42. The molecule has 0 saturated heterocycles. The second-order valence-corrected chi connectivity index (χ2v) is 7.31. The van der Waals surface area contributed by atoms with Gasteiger partial charge in [0.1, 0.15) is 5.82 Å². The third-order valence-electron chi connectivity index (χ3n) is 4.61. The fourth-order valence-electron chi connectivity index (χ4n) is 3.41. The highest BCUT2D eigenvalue weighted by molar-refractivity contribution is 6.20. The fraction of sp³-hybridized carbons (Fsp3) is 0.688. The molecular weight excluding hydrogens is 256 g/mol. The van der Waals surface area contributed by atoms with Gasteiger partial charge in [-0.05, 0) is 48.1 Å². The lowest BCUT2D eigenvalue weighted by Crippen LogP contribution is -2.37. The number of alkyl halides is 1. The van der Waals surface area contributed by atoms with Crippen molar-refractivity contribution in [3.8, 4) is 0 Å². The SMILES string of the molecule is CC1CCC(C(C)(C)Cc2cccnc2N)C(Cl)C1. The van der Waals surface area contributed by atoms with E-state index in [9.17, 15) is 0 Å². The third kappa shape index (κ3) is 3.42.